The van der Waals surface area contributed by atoms with E-state index in [9.17, 15) is 23.3 Å². The highest BCUT2D eigenvalue weighted by Gasteiger charge is 2.33. The van der Waals surface area contributed by atoms with Gasteiger partial charge in [0.05, 0.1) is 4.92 Å². The minimum absolute atomic E-state index is 0.00682. The smallest absolute Gasteiger partial charge is 0.274 e. The minimum atomic E-state index is -3.70. The number of aromatic nitrogens is 2. The highest BCUT2D eigenvalue weighted by molar-refractivity contribution is 7.89. The second-order valence-corrected chi connectivity index (χ2v) is 9.05. The number of nitrogens with one attached hydrogen (secondary N) is 1. The molecule has 1 fully saturated rings. The quantitative estimate of drug-likeness (QED) is 0.581. The monoisotopic (exact) mass is 421 g/mol. The Morgan fingerprint density at radius 2 is 1.93 bits per heavy atom. The molecule has 0 unspecified atom stereocenters. The molecule has 1 aliphatic heterocycles. The van der Waals surface area contributed by atoms with E-state index in [1.165, 1.54) is 16.6 Å². The first-order valence-electron chi connectivity index (χ1n) is 9.15. The normalized spacial score (nSPS) is 16.0. The van der Waals surface area contributed by atoms with Crippen LogP contribution in [-0.2, 0) is 21.9 Å². The average molecular weight is 421 g/mol. The maximum Gasteiger partial charge on any atom is 0.274 e. The molecule has 0 aliphatic carbocycles. The van der Waals surface area contributed by atoms with Gasteiger partial charge in [-0.1, -0.05) is 6.07 Å². The van der Waals surface area contributed by atoms with Crippen molar-refractivity contribution in [2.75, 3.05) is 18.4 Å². The molecule has 0 bridgehead atoms. The van der Waals surface area contributed by atoms with Gasteiger partial charge in [-0.25, -0.2) is 13.4 Å². The number of benzene rings is 1. The van der Waals surface area contributed by atoms with Crippen LogP contribution in [-0.4, -0.2) is 46.2 Å². The molecule has 1 N–H and O–H groups in total. The molecule has 0 atom stereocenters. The molecule has 156 valence electrons. The van der Waals surface area contributed by atoms with E-state index in [0.717, 1.165) is 0 Å². The number of sulfonamides is 1. The standard InChI is InChI=1S/C18H23N5O5S/c1-12-4-5-15(10-16(12)23(25)26)20-18(24)14-6-8-22(9-7-14)29(27,28)17-11-21(3)13(2)19-17/h4-5,10-11,14H,6-9H2,1-3H3,(H,20,24). The lowest BCUT2D eigenvalue weighted by Crippen LogP contribution is -2.41. The number of nitrogens with zero attached hydrogens (tertiary/aromatic N) is 4. The van der Waals surface area contributed by atoms with Gasteiger partial charge in [0, 0.05) is 49.6 Å². The lowest BCUT2D eigenvalue weighted by Gasteiger charge is -2.29. The fourth-order valence-electron chi connectivity index (χ4n) is 3.27. The zero-order valence-corrected chi connectivity index (χ0v) is 17.3. The third kappa shape index (κ3) is 4.30. The number of piperidine rings is 1. The van der Waals surface area contributed by atoms with E-state index >= 15 is 0 Å². The third-order valence-corrected chi connectivity index (χ3v) is 6.96. The Kier molecular flexibility index (Phi) is 5.71. The van der Waals surface area contributed by atoms with Gasteiger partial charge in [-0.3, -0.25) is 14.9 Å². The van der Waals surface area contributed by atoms with Crippen molar-refractivity contribution in [2.45, 2.75) is 31.7 Å². The van der Waals surface area contributed by atoms with E-state index in [-0.39, 0.29) is 35.6 Å². The van der Waals surface area contributed by atoms with Crippen molar-refractivity contribution in [3.63, 3.8) is 0 Å². The van der Waals surface area contributed by atoms with E-state index in [1.54, 1.807) is 37.6 Å². The van der Waals surface area contributed by atoms with Crippen LogP contribution in [0.1, 0.15) is 24.2 Å². The first-order chi connectivity index (χ1) is 13.6. The Hall–Kier alpha value is -2.79. The van der Waals surface area contributed by atoms with Crippen molar-refractivity contribution >= 4 is 27.3 Å². The summed E-state index contributed by atoms with van der Waals surface area (Å²) in [6, 6.07) is 4.53. The number of carbonyl (C=O) groups excluding carboxylic acids is 1. The summed E-state index contributed by atoms with van der Waals surface area (Å²) in [6.07, 6.45) is 2.21. The Bertz CT molecular complexity index is 1040. The Morgan fingerprint density at radius 1 is 1.28 bits per heavy atom. The van der Waals surface area contributed by atoms with Gasteiger partial charge in [0.1, 0.15) is 5.82 Å². The van der Waals surface area contributed by atoms with E-state index in [4.69, 9.17) is 0 Å². The molecule has 1 amide bonds. The van der Waals surface area contributed by atoms with Crippen LogP contribution in [0, 0.1) is 29.9 Å². The number of amides is 1. The van der Waals surface area contributed by atoms with Crippen molar-refractivity contribution in [1.29, 1.82) is 0 Å². The molecule has 10 nitrogen and oxygen atoms in total. The van der Waals surface area contributed by atoms with Crippen LogP contribution in [0.25, 0.3) is 0 Å². The molecular weight excluding hydrogens is 398 g/mol. The second-order valence-electron chi connectivity index (χ2n) is 7.16. The van der Waals surface area contributed by atoms with Gasteiger partial charge in [0.15, 0.2) is 5.03 Å². The van der Waals surface area contributed by atoms with Gasteiger partial charge in [-0.05, 0) is 32.8 Å². The zero-order valence-electron chi connectivity index (χ0n) is 16.5. The van der Waals surface area contributed by atoms with Crippen molar-refractivity contribution in [1.82, 2.24) is 13.9 Å². The Balaban J connectivity index is 1.64. The van der Waals surface area contributed by atoms with Crippen LogP contribution in [0.5, 0.6) is 0 Å². The summed E-state index contributed by atoms with van der Waals surface area (Å²) in [5.74, 6) is -0.0359. The van der Waals surface area contributed by atoms with Gasteiger partial charge in [0.25, 0.3) is 15.7 Å². The highest BCUT2D eigenvalue weighted by Crippen LogP contribution is 2.26. The lowest BCUT2D eigenvalue weighted by atomic mass is 9.97. The van der Waals surface area contributed by atoms with Crippen molar-refractivity contribution < 1.29 is 18.1 Å². The van der Waals surface area contributed by atoms with Crippen LogP contribution in [0.2, 0.25) is 0 Å². The molecule has 0 spiro atoms. The van der Waals surface area contributed by atoms with Crippen molar-refractivity contribution in [3.8, 4) is 0 Å². The van der Waals surface area contributed by atoms with Crippen LogP contribution in [0.3, 0.4) is 0 Å². The number of carbonyl (C=O) groups is 1. The summed E-state index contributed by atoms with van der Waals surface area (Å²) >= 11 is 0. The van der Waals surface area contributed by atoms with Crippen LogP contribution < -0.4 is 5.32 Å². The number of hydrogen-bond acceptors (Lipinski definition) is 6. The fraction of sp³-hybridized carbons (Fsp3) is 0.444. The molecule has 0 saturated carbocycles. The zero-order chi connectivity index (χ0) is 21.3. The van der Waals surface area contributed by atoms with Gasteiger partial charge in [0.2, 0.25) is 5.91 Å². The average Bonchev–Trinajstić information content (AvgIpc) is 3.02. The Morgan fingerprint density at radius 3 is 2.48 bits per heavy atom. The second kappa shape index (κ2) is 7.91. The maximum absolute atomic E-state index is 12.7. The number of rotatable bonds is 5. The number of hydrogen-bond donors (Lipinski definition) is 1. The minimum Gasteiger partial charge on any atom is -0.337 e. The van der Waals surface area contributed by atoms with Crippen LogP contribution in [0.15, 0.2) is 29.4 Å². The molecule has 3 rings (SSSR count). The maximum atomic E-state index is 12.7. The number of nitro benzene ring substituents is 1. The number of nitro groups is 1. The van der Waals surface area contributed by atoms with Crippen molar-refractivity contribution in [3.05, 3.63) is 45.9 Å². The number of anilines is 1. The topological polar surface area (TPSA) is 127 Å². The summed E-state index contributed by atoms with van der Waals surface area (Å²) in [5, 5.41) is 13.8. The van der Waals surface area contributed by atoms with Crippen molar-refractivity contribution in [2.24, 2.45) is 13.0 Å². The molecule has 1 aromatic heterocycles. The molecule has 29 heavy (non-hydrogen) atoms. The summed E-state index contributed by atoms with van der Waals surface area (Å²) < 4.78 is 28.5. The van der Waals surface area contributed by atoms with E-state index in [0.29, 0.717) is 29.9 Å². The lowest BCUT2D eigenvalue weighted by molar-refractivity contribution is -0.385. The first-order valence-corrected chi connectivity index (χ1v) is 10.6. The fourth-order valence-corrected chi connectivity index (χ4v) is 4.76. The summed E-state index contributed by atoms with van der Waals surface area (Å²) in [4.78, 5) is 27.2. The molecule has 1 aromatic carbocycles. The molecule has 1 saturated heterocycles. The van der Waals surface area contributed by atoms with Gasteiger partial charge in [-0.15, -0.1) is 0 Å². The number of imidazole rings is 1. The molecular formula is C18H23N5O5S. The predicted molar refractivity (Wildman–Crippen MR) is 106 cm³/mol. The number of aryl methyl sites for hydroxylation is 3. The summed E-state index contributed by atoms with van der Waals surface area (Å²) in [7, 11) is -1.97. The molecule has 2 heterocycles. The van der Waals surface area contributed by atoms with E-state index < -0.39 is 14.9 Å². The first kappa shape index (κ1) is 20.9. The van der Waals surface area contributed by atoms with Gasteiger partial charge >= 0.3 is 0 Å². The molecule has 11 heteroatoms. The van der Waals surface area contributed by atoms with Gasteiger partial charge in [-0.2, -0.15) is 4.31 Å². The Labute approximate surface area is 168 Å². The van der Waals surface area contributed by atoms with Crippen LogP contribution in [0.4, 0.5) is 11.4 Å². The van der Waals surface area contributed by atoms with Gasteiger partial charge < -0.3 is 9.88 Å². The largest absolute Gasteiger partial charge is 0.337 e. The third-order valence-electron chi connectivity index (χ3n) is 5.19. The van der Waals surface area contributed by atoms with E-state index in [2.05, 4.69) is 10.3 Å². The van der Waals surface area contributed by atoms with E-state index in [1.807, 2.05) is 0 Å². The highest BCUT2D eigenvalue weighted by atomic mass is 32.2. The van der Waals surface area contributed by atoms with Crippen LogP contribution >= 0.6 is 0 Å². The molecule has 0 radical (unpaired) electrons. The summed E-state index contributed by atoms with van der Waals surface area (Å²) in [6.45, 7) is 3.78. The molecule has 1 aliphatic rings. The summed E-state index contributed by atoms with van der Waals surface area (Å²) in [5.41, 5.74) is 0.803. The SMILES string of the molecule is Cc1ccc(NC(=O)C2CCN(S(=O)(=O)c3cn(C)c(C)n3)CC2)cc1[N+](=O)[O-]. The predicted octanol–water partition coefficient (Wildman–Crippen LogP) is 1.98. The molecule has 2 aromatic rings.